The molecule has 0 spiro atoms. The Hall–Kier alpha value is -8.15. The maximum atomic E-state index is 6.72. The average Bonchev–Trinajstić information content (AvgIpc) is 3.68. The molecule has 2 N–H and O–H groups in total. The van der Waals surface area contributed by atoms with E-state index in [1.54, 1.807) is 0 Å². The highest BCUT2D eigenvalue weighted by Crippen LogP contribution is 2.45. The summed E-state index contributed by atoms with van der Waals surface area (Å²) in [5.41, 5.74) is 18.3. The van der Waals surface area contributed by atoms with Crippen LogP contribution in [0, 0.1) is 0 Å². The van der Waals surface area contributed by atoms with Crippen LogP contribution >= 0.6 is 0 Å². The van der Waals surface area contributed by atoms with Crippen LogP contribution in [0.15, 0.2) is 222 Å². The molecule has 0 saturated heterocycles. The smallest absolute Gasteiger partial charge is 0.157 e. The summed E-state index contributed by atoms with van der Waals surface area (Å²) in [5, 5.41) is 7.93. The zero-order valence-corrected chi connectivity index (χ0v) is 33.3. The largest absolute Gasteiger partial charge is 0.383 e. The van der Waals surface area contributed by atoms with Gasteiger partial charge in [0.2, 0.25) is 0 Å². The standard InChI is InChI=1S/C56H39N5/c57-55(39-22-9-3-10-23-39)60-56(58-36-37-18-5-1-6-19-37)47-34-32-43(41-26-13-14-27-42(41)47)44-29-17-30-45-46-33-35-49-51(54(46)61(53(44)45)40-24-11-4-12-25-40)48-28-15-16-31-50(48)59-52(49)38-20-7-2-8-21-38/h1-35H,36H2,(H2,57,58,60). The highest BCUT2D eigenvalue weighted by Gasteiger charge is 2.23. The molecule has 61 heavy (non-hydrogen) atoms. The lowest BCUT2D eigenvalue weighted by atomic mass is 9.93. The third kappa shape index (κ3) is 6.31. The Kier molecular flexibility index (Phi) is 8.98. The molecule has 11 rings (SSSR count). The van der Waals surface area contributed by atoms with Gasteiger partial charge >= 0.3 is 0 Å². The molecule has 2 heterocycles. The van der Waals surface area contributed by atoms with Gasteiger partial charge in [-0.05, 0) is 46.2 Å². The molecule has 0 atom stereocenters. The van der Waals surface area contributed by atoms with Crippen molar-refractivity contribution in [1.82, 2.24) is 9.55 Å². The molecule has 0 aliphatic heterocycles. The summed E-state index contributed by atoms with van der Waals surface area (Å²) in [7, 11) is 0. The number of hydrogen-bond donors (Lipinski definition) is 1. The van der Waals surface area contributed by atoms with Gasteiger partial charge in [-0.1, -0.05) is 188 Å². The van der Waals surface area contributed by atoms with Crippen LogP contribution < -0.4 is 5.73 Å². The second-order valence-corrected chi connectivity index (χ2v) is 15.3. The lowest BCUT2D eigenvalue weighted by molar-refractivity contribution is 1.06. The molecule has 11 aromatic rings. The van der Waals surface area contributed by atoms with Gasteiger partial charge in [0.15, 0.2) is 5.84 Å². The fourth-order valence-electron chi connectivity index (χ4n) is 8.90. The SMILES string of the molecule is NC(=NC(=NCc1ccccc1)c1ccc(-c2cccc3c4ccc5c(-c6ccccc6)nc6ccccc6c5c4n(-c4ccccc4)c23)c2ccccc12)c1ccccc1. The van der Waals surface area contributed by atoms with Gasteiger partial charge in [0.25, 0.3) is 0 Å². The molecule has 0 saturated carbocycles. The third-order valence-electron chi connectivity index (χ3n) is 11.7. The molecule has 0 bridgehead atoms. The Balaban J connectivity index is 1.20. The van der Waals surface area contributed by atoms with Crippen LogP contribution in [-0.2, 0) is 6.54 Å². The van der Waals surface area contributed by atoms with E-state index in [4.69, 9.17) is 20.7 Å². The van der Waals surface area contributed by atoms with Crippen molar-refractivity contribution in [3.63, 3.8) is 0 Å². The van der Waals surface area contributed by atoms with E-state index in [1.807, 2.05) is 48.5 Å². The molecule has 0 amide bonds. The second kappa shape index (κ2) is 15.2. The second-order valence-electron chi connectivity index (χ2n) is 15.3. The van der Waals surface area contributed by atoms with Crippen LogP contribution in [0.3, 0.4) is 0 Å². The Morgan fingerprint density at radius 2 is 1.08 bits per heavy atom. The Morgan fingerprint density at radius 3 is 1.85 bits per heavy atom. The number of pyridine rings is 1. The third-order valence-corrected chi connectivity index (χ3v) is 11.7. The molecule has 0 fully saturated rings. The van der Waals surface area contributed by atoms with E-state index in [0.717, 1.165) is 82.9 Å². The summed E-state index contributed by atoms with van der Waals surface area (Å²) < 4.78 is 2.48. The first kappa shape index (κ1) is 36.0. The number of nitrogens with zero attached hydrogens (tertiary/aromatic N) is 4. The number of nitrogens with two attached hydrogens (primary N) is 1. The topological polar surface area (TPSA) is 68.6 Å². The van der Waals surface area contributed by atoms with Crippen molar-refractivity contribution in [3.05, 3.63) is 229 Å². The van der Waals surface area contributed by atoms with Gasteiger partial charge in [-0.2, -0.15) is 0 Å². The van der Waals surface area contributed by atoms with Crippen molar-refractivity contribution >= 4 is 65.9 Å². The Bertz CT molecular complexity index is 3480. The Labute approximate surface area is 353 Å². The Morgan fingerprint density at radius 1 is 0.475 bits per heavy atom. The minimum absolute atomic E-state index is 0.420. The first-order valence-electron chi connectivity index (χ1n) is 20.6. The maximum Gasteiger partial charge on any atom is 0.157 e. The van der Waals surface area contributed by atoms with E-state index in [9.17, 15) is 0 Å². The maximum absolute atomic E-state index is 6.72. The van der Waals surface area contributed by atoms with Gasteiger partial charge in [-0.3, -0.25) is 4.99 Å². The molecule has 0 aliphatic carbocycles. The van der Waals surface area contributed by atoms with Gasteiger partial charge < -0.3 is 10.3 Å². The molecule has 5 heteroatoms. The summed E-state index contributed by atoms with van der Waals surface area (Å²) in [6.45, 7) is 0.471. The number of para-hydroxylation sites is 3. The highest BCUT2D eigenvalue weighted by atomic mass is 15.0. The number of rotatable bonds is 7. The van der Waals surface area contributed by atoms with Crippen LogP contribution in [0.25, 0.3) is 82.3 Å². The normalized spacial score (nSPS) is 12.3. The van der Waals surface area contributed by atoms with E-state index >= 15 is 0 Å². The minimum atomic E-state index is 0.420. The van der Waals surface area contributed by atoms with Crippen LogP contribution in [0.1, 0.15) is 16.7 Å². The summed E-state index contributed by atoms with van der Waals surface area (Å²) in [5.74, 6) is 1.01. The van der Waals surface area contributed by atoms with Crippen molar-refractivity contribution in [2.24, 2.45) is 15.7 Å². The first-order valence-corrected chi connectivity index (χ1v) is 20.6. The first-order chi connectivity index (χ1) is 30.2. The summed E-state index contributed by atoms with van der Waals surface area (Å²) in [6.07, 6.45) is 0. The van der Waals surface area contributed by atoms with Gasteiger partial charge in [-0.25, -0.2) is 9.98 Å². The number of benzene rings is 9. The van der Waals surface area contributed by atoms with E-state index in [2.05, 4.69) is 168 Å². The van der Waals surface area contributed by atoms with E-state index in [-0.39, 0.29) is 0 Å². The van der Waals surface area contributed by atoms with Crippen molar-refractivity contribution in [1.29, 1.82) is 0 Å². The van der Waals surface area contributed by atoms with E-state index in [0.29, 0.717) is 18.2 Å². The summed E-state index contributed by atoms with van der Waals surface area (Å²) >= 11 is 0. The van der Waals surface area contributed by atoms with Gasteiger partial charge in [0.05, 0.1) is 28.8 Å². The zero-order chi connectivity index (χ0) is 40.7. The quantitative estimate of drug-likeness (QED) is 0.0994. The van der Waals surface area contributed by atoms with Crippen molar-refractivity contribution < 1.29 is 0 Å². The van der Waals surface area contributed by atoms with Crippen LogP contribution in [-0.4, -0.2) is 21.2 Å². The molecule has 2 aromatic heterocycles. The van der Waals surface area contributed by atoms with E-state index < -0.39 is 0 Å². The van der Waals surface area contributed by atoms with E-state index in [1.165, 1.54) is 16.2 Å². The average molecular weight is 782 g/mol. The lowest BCUT2D eigenvalue weighted by Gasteiger charge is -2.16. The zero-order valence-electron chi connectivity index (χ0n) is 33.3. The van der Waals surface area contributed by atoms with Crippen molar-refractivity contribution in [3.8, 4) is 28.1 Å². The molecule has 9 aromatic carbocycles. The molecule has 0 unspecified atom stereocenters. The molecule has 0 radical (unpaired) electrons. The summed E-state index contributed by atoms with van der Waals surface area (Å²) in [6, 6.07) is 74.2. The fraction of sp³-hybridized carbons (Fsp3) is 0.0179. The van der Waals surface area contributed by atoms with Crippen LogP contribution in [0.5, 0.6) is 0 Å². The number of amidine groups is 2. The predicted molar refractivity (Wildman–Crippen MR) is 256 cm³/mol. The van der Waals surface area contributed by atoms with Crippen molar-refractivity contribution in [2.45, 2.75) is 6.54 Å². The molecule has 0 aliphatic rings. The minimum Gasteiger partial charge on any atom is -0.383 e. The monoisotopic (exact) mass is 781 g/mol. The van der Waals surface area contributed by atoms with Crippen LogP contribution in [0.2, 0.25) is 0 Å². The van der Waals surface area contributed by atoms with Crippen molar-refractivity contribution in [2.75, 3.05) is 0 Å². The molecular weight excluding hydrogens is 743 g/mol. The number of hydrogen-bond acceptors (Lipinski definition) is 2. The fourth-order valence-corrected chi connectivity index (χ4v) is 8.90. The number of fused-ring (bicyclic) bond motifs is 8. The molecular formula is C56H39N5. The number of aliphatic imine (C=N–C) groups is 2. The highest BCUT2D eigenvalue weighted by molar-refractivity contribution is 6.28. The van der Waals surface area contributed by atoms with Gasteiger partial charge in [0, 0.05) is 54.9 Å². The van der Waals surface area contributed by atoms with Crippen LogP contribution in [0.4, 0.5) is 0 Å². The van der Waals surface area contributed by atoms with Gasteiger partial charge in [0.1, 0.15) is 5.84 Å². The predicted octanol–water partition coefficient (Wildman–Crippen LogP) is 13.3. The molecule has 5 nitrogen and oxygen atoms in total. The van der Waals surface area contributed by atoms with Gasteiger partial charge in [-0.15, -0.1) is 0 Å². The number of aromatic nitrogens is 2. The molecule has 288 valence electrons. The lowest BCUT2D eigenvalue weighted by Crippen LogP contribution is -2.16. The summed E-state index contributed by atoms with van der Waals surface area (Å²) in [4.78, 5) is 15.5.